The zero-order valence-corrected chi connectivity index (χ0v) is 9.10. The van der Waals surface area contributed by atoms with Crippen molar-refractivity contribution < 1.29 is 9.94 Å². The first-order valence-electron chi connectivity index (χ1n) is 5.38. The molecule has 16 heavy (non-hydrogen) atoms. The first-order valence-corrected chi connectivity index (χ1v) is 5.38. The second-order valence-corrected chi connectivity index (χ2v) is 4.37. The van der Waals surface area contributed by atoms with Crippen LogP contribution in [0.25, 0.3) is 0 Å². The monoisotopic (exact) mass is 220 g/mol. The van der Waals surface area contributed by atoms with Gasteiger partial charge in [-0.2, -0.15) is 0 Å². The van der Waals surface area contributed by atoms with Crippen molar-refractivity contribution in [3.8, 4) is 5.75 Å². The molecular weight excluding hydrogens is 204 g/mol. The van der Waals surface area contributed by atoms with Gasteiger partial charge in [0.1, 0.15) is 11.6 Å². The lowest BCUT2D eigenvalue weighted by Crippen LogP contribution is -2.22. The van der Waals surface area contributed by atoms with Gasteiger partial charge in [-0.3, -0.25) is 0 Å². The summed E-state index contributed by atoms with van der Waals surface area (Å²) >= 11 is 0. The average molecular weight is 220 g/mol. The van der Waals surface area contributed by atoms with E-state index in [1.165, 1.54) is 0 Å². The Morgan fingerprint density at radius 2 is 2.06 bits per heavy atom. The van der Waals surface area contributed by atoms with E-state index in [0.29, 0.717) is 13.0 Å². The van der Waals surface area contributed by atoms with Crippen LogP contribution in [0.15, 0.2) is 35.5 Å². The molecule has 1 aliphatic rings. The summed E-state index contributed by atoms with van der Waals surface area (Å²) in [5.41, 5.74) is 5.60. The standard InChI is InChI=1S/C12H16N2O2/c13-11(14-15)8-12(6-7-12)9-16-10-4-2-1-3-5-10/h1-5,15H,6-9H2,(H2,13,14). The zero-order chi connectivity index (χ0) is 11.4. The number of nitrogens with two attached hydrogens (primary N) is 1. The summed E-state index contributed by atoms with van der Waals surface area (Å²) in [6.45, 7) is 0.632. The number of benzene rings is 1. The van der Waals surface area contributed by atoms with Gasteiger partial charge in [0, 0.05) is 11.8 Å². The summed E-state index contributed by atoms with van der Waals surface area (Å²) in [6.07, 6.45) is 2.77. The van der Waals surface area contributed by atoms with E-state index in [1.807, 2.05) is 30.3 Å². The van der Waals surface area contributed by atoms with E-state index in [2.05, 4.69) is 5.16 Å². The molecule has 0 spiro atoms. The molecule has 1 fully saturated rings. The molecule has 1 saturated carbocycles. The van der Waals surface area contributed by atoms with Crippen molar-refractivity contribution in [3.05, 3.63) is 30.3 Å². The predicted octanol–water partition coefficient (Wildman–Crippen LogP) is 1.98. The summed E-state index contributed by atoms with van der Waals surface area (Å²) in [7, 11) is 0. The van der Waals surface area contributed by atoms with E-state index in [4.69, 9.17) is 15.7 Å². The van der Waals surface area contributed by atoms with Crippen LogP contribution >= 0.6 is 0 Å². The largest absolute Gasteiger partial charge is 0.493 e. The van der Waals surface area contributed by atoms with Gasteiger partial charge in [0.25, 0.3) is 0 Å². The molecule has 1 aromatic carbocycles. The van der Waals surface area contributed by atoms with Gasteiger partial charge in [-0.05, 0) is 25.0 Å². The lowest BCUT2D eigenvalue weighted by atomic mass is 10.0. The summed E-state index contributed by atoms with van der Waals surface area (Å²) in [6, 6.07) is 9.70. The fourth-order valence-corrected chi connectivity index (χ4v) is 1.72. The lowest BCUT2D eigenvalue weighted by Gasteiger charge is -2.15. The van der Waals surface area contributed by atoms with Gasteiger partial charge in [-0.25, -0.2) is 0 Å². The Balaban J connectivity index is 1.86. The highest BCUT2D eigenvalue weighted by Crippen LogP contribution is 2.48. The van der Waals surface area contributed by atoms with Crippen LogP contribution < -0.4 is 10.5 Å². The van der Waals surface area contributed by atoms with Crippen molar-refractivity contribution in [2.75, 3.05) is 6.61 Å². The number of ether oxygens (including phenoxy) is 1. The maximum atomic E-state index is 8.53. The Labute approximate surface area is 94.7 Å². The summed E-state index contributed by atoms with van der Waals surface area (Å²) < 4.78 is 5.69. The van der Waals surface area contributed by atoms with Gasteiger partial charge in [0.05, 0.1) is 6.61 Å². The summed E-state index contributed by atoms with van der Waals surface area (Å²) in [5, 5.41) is 11.5. The zero-order valence-electron chi connectivity index (χ0n) is 9.10. The second-order valence-electron chi connectivity index (χ2n) is 4.37. The van der Waals surface area contributed by atoms with Crippen molar-refractivity contribution in [1.29, 1.82) is 0 Å². The van der Waals surface area contributed by atoms with Crippen LogP contribution in [0.2, 0.25) is 0 Å². The Bertz CT molecular complexity index is 372. The molecule has 0 atom stereocenters. The van der Waals surface area contributed by atoms with Crippen molar-refractivity contribution in [1.82, 2.24) is 0 Å². The molecular formula is C12H16N2O2. The van der Waals surface area contributed by atoms with E-state index < -0.39 is 0 Å². The van der Waals surface area contributed by atoms with E-state index >= 15 is 0 Å². The Kier molecular flexibility index (Phi) is 2.99. The van der Waals surface area contributed by atoms with Crippen molar-refractivity contribution in [3.63, 3.8) is 0 Å². The Morgan fingerprint density at radius 1 is 1.38 bits per heavy atom. The Hall–Kier alpha value is -1.71. The average Bonchev–Trinajstić information content (AvgIpc) is 3.08. The number of rotatable bonds is 5. The van der Waals surface area contributed by atoms with Crippen molar-refractivity contribution in [2.24, 2.45) is 16.3 Å². The fourth-order valence-electron chi connectivity index (χ4n) is 1.72. The van der Waals surface area contributed by atoms with Gasteiger partial charge in [0.2, 0.25) is 0 Å². The second kappa shape index (κ2) is 4.43. The SMILES string of the molecule is NC(CC1(COc2ccccc2)CC1)=NO. The summed E-state index contributed by atoms with van der Waals surface area (Å²) in [5.74, 6) is 1.16. The minimum Gasteiger partial charge on any atom is -0.493 e. The van der Waals surface area contributed by atoms with Crippen LogP contribution in [0, 0.1) is 5.41 Å². The van der Waals surface area contributed by atoms with Crippen LogP contribution in [0.4, 0.5) is 0 Å². The smallest absolute Gasteiger partial charge is 0.139 e. The van der Waals surface area contributed by atoms with Crippen LogP contribution in [0.1, 0.15) is 19.3 Å². The molecule has 0 bridgehead atoms. The van der Waals surface area contributed by atoms with Gasteiger partial charge in [-0.15, -0.1) is 0 Å². The van der Waals surface area contributed by atoms with E-state index in [-0.39, 0.29) is 11.3 Å². The van der Waals surface area contributed by atoms with Crippen molar-refractivity contribution in [2.45, 2.75) is 19.3 Å². The highest BCUT2D eigenvalue weighted by molar-refractivity contribution is 5.80. The third-order valence-corrected chi connectivity index (χ3v) is 2.93. The number of para-hydroxylation sites is 1. The fraction of sp³-hybridized carbons (Fsp3) is 0.417. The topological polar surface area (TPSA) is 67.8 Å². The molecule has 4 nitrogen and oxygen atoms in total. The molecule has 0 saturated heterocycles. The first-order chi connectivity index (χ1) is 7.74. The molecule has 86 valence electrons. The molecule has 0 radical (unpaired) electrons. The number of amidine groups is 1. The summed E-state index contributed by atoms with van der Waals surface area (Å²) in [4.78, 5) is 0. The molecule has 0 unspecified atom stereocenters. The highest BCUT2D eigenvalue weighted by Gasteiger charge is 2.44. The molecule has 1 aliphatic carbocycles. The molecule has 0 aliphatic heterocycles. The molecule has 0 amide bonds. The van der Waals surface area contributed by atoms with Crippen LogP contribution in [-0.4, -0.2) is 17.6 Å². The molecule has 2 rings (SSSR count). The molecule has 1 aromatic rings. The molecule has 4 heteroatoms. The lowest BCUT2D eigenvalue weighted by molar-refractivity contribution is 0.236. The molecule has 0 aromatic heterocycles. The van der Waals surface area contributed by atoms with Crippen LogP contribution in [0.3, 0.4) is 0 Å². The van der Waals surface area contributed by atoms with Crippen LogP contribution in [0.5, 0.6) is 5.75 Å². The van der Waals surface area contributed by atoms with E-state index in [0.717, 1.165) is 18.6 Å². The van der Waals surface area contributed by atoms with Crippen molar-refractivity contribution >= 4 is 5.84 Å². The number of hydrogen-bond donors (Lipinski definition) is 2. The van der Waals surface area contributed by atoms with Gasteiger partial charge in [-0.1, -0.05) is 23.4 Å². The highest BCUT2D eigenvalue weighted by atomic mass is 16.5. The van der Waals surface area contributed by atoms with E-state index in [9.17, 15) is 0 Å². The number of nitrogens with zero attached hydrogens (tertiary/aromatic N) is 1. The number of oxime groups is 1. The first kappa shape index (κ1) is 10.8. The third-order valence-electron chi connectivity index (χ3n) is 2.93. The molecule has 3 N–H and O–H groups in total. The third kappa shape index (κ3) is 2.66. The quantitative estimate of drug-likeness (QED) is 0.345. The molecule has 0 heterocycles. The van der Waals surface area contributed by atoms with Crippen LogP contribution in [-0.2, 0) is 0 Å². The number of hydrogen-bond acceptors (Lipinski definition) is 3. The van der Waals surface area contributed by atoms with Gasteiger partial charge < -0.3 is 15.7 Å². The van der Waals surface area contributed by atoms with Gasteiger partial charge >= 0.3 is 0 Å². The minimum absolute atomic E-state index is 0.0894. The normalized spacial score (nSPS) is 18.1. The maximum Gasteiger partial charge on any atom is 0.139 e. The van der Waals surface area contributed by atoms with E-state index in [1.54, 1.807) is 0 Å². The van der Waals surface area contributed by atoms with Gasteiger partial charge in [0.15, 0.2) is 0 Å². The minimum atomic E-state index is 0.0894. The Morgan fingerprint density at radius 3 is 2.62 bits per heavy atom. The predicted molar refractivity (Wildman–Crippen MR) is 61.6 cm³/mol. The maximum absolute atomic E-state index is 8.53.